The summed E-state index contributed by atoms with van der Waals surface area (Å²) in [6, 6.07) is 5.51. The molecule has 0 amide bonds. The summed E-state index contributed by atoms with van der Waals surface area (Å²) in [4.78, 5) is 14.1. The van der Waals surface area contributed by atoms with Crippen molar-refractivity contribution in [1.29, 1.82) is 0 Å². The normalized spacial score (nSPS) is 12.2. The minimum Gasteiger partial charge on any atom is -0.495 e. The minimum absolute atomic E-state index is 0.139. The molecular formula is C15H14ClF3N4O2. The number of allylic oxidation sites excluding steroid dienone is 1. The average Bonchev–Trinajstić information content (AvgIpc) is 2.53. The molecule has 2 rings (SSSR count). The monoisotopic (exact) mass is 374 g/mol. The molecule has 1 heterocycles. The van der Waals surface area contributed by atoms with E-state index in [0.717, 1.165) is 0 Å². The van der Waals surface area contributed by atoms with E-state index in [-0.39, 0.29) is 11.4 Å². The van der Waals surface area contributed by atoms with Crippen LogP contribution in [0.25, 0.3) is 11.1 Å². The maximum atomic E-state index is 12.6. The Morgan fingerprint density at radius 1 is 1.32 bits per heavy atom. The molecule has 2 aromatic rings. The first-order valence-electron chi connectivity index (χ1n) is 6.78. The number of nitrogens with zero attached hydrogens (tertiary/aromatic N) is 1. The van der Waals surface area contributed by atoms with Crippen LogP contribution in [-0.2, 0) is 0 Å². The van der Waals surface area contributed by atoms with Crippen LogP contribution < -0.4 is 26.9 Å². The number of anilines is 1. The molecule has 0 unspecified atom stereocenters. The fourth-order valence-electron chi connectivity index (χ4n) is 2.08. The number of nitrogens with one attached hydrogen (secondary N) is 1. The lowest BCUT2D eigenvalue weighted by atomic mass is 10.0. The van der Waals surface area contributed by atoms with Crippen LogP contribution in [0.4, 0.5) is 18.9 Å². The summed E-state index contributed by atoms with van der Waals surface area (Å²) in [5.74, 6) is 6.00. The first-order chi connectivity index (χ1) is 11.6. The summed E-state index contributed by atoms with van der Waals surface area (Å²) >= 11 is 5.98. The highest BCUT2D eigenvalue weighted by atomic mass is 35.5. The summed E-state index contributed by atoms with van der Waals surface area (Å²) in [6.07, 6.45) is -2.87. The van der Waals surface area contributed by atoms with E-state index < -0.39 is 17.4 Å². The Labute approximate surface area is 145 Å². The van der Waals surface area contributed by atoms with Crippen molar-refractivity contribution >= 4 is 17.3 Å². The van der Waals surface area contributed by atoms with Crippen LogP contribution in [-0.4, -0.2) is 18.3 Å². The van der Waals surface area contributed by atoms with Crippen molar-refractivity contribution in [1.82, 2.24) is 4.98 Å². The van der Waals surface area contributed by atoms with Crippen LogP contribution in [0.3, 0.4) is 0 Å². The van der Waals surface area contributed by atoms with Crippen LogP contribution in [0.5, 0.6) is 5.75 Å². The van der Waals surface area contributed by atoms with Gasteiger partial charge in [0.25, 0.3) is 0 Å². The van der Waals surface area contributed by atoms with Crippen molar-refractivity contribution in [3.63, 3.8) is 0 Å². The standard InChI is InChI=1S/C15H14ClF3N4O2/c1-25-12-6-22-14(24)5-10(12)9-4-8(16)2-3-11(9)23(21)7-13(20)15(17,18)19/h2-7H,20-21H2,1H3,(H,22,24)/b13-7-. The predicted octanol–water partition coefficient (Wildman–Crippen LogP) is 2.75. The number of hydrogen-bond donors (Lipinski definition) is 3. The highest BCUT2D eigenvalue weighted by Gasteiger charge is 2.32. The molecule has 0 spiro atoms. The number of ether oxygens (including phenoxy) is 1. The lowest BCUT2D eigenvalue weighted by molar-refractivity contribution is -0.0928. The van der Waals surface area contributed by atoms with Crippen LogP contribution in [0.2, 0.25) is 5.02 Å². The number of pyridine rings is 1. The Kier molecular flexibility index (Phi) is 5.29. The molecule has 0 bridgehead atoms. The maximum absolute atomic E-state index is 12.6. The van der Waals surface area contributed by atoms with E-state index in [1.165, 1.54) is 37.6 Å². The number of hydrogen-bond acceptors (Lipinski definition) is 5. The molecular weight excluding hydrogens is 361 g/mol. The topological polar surface area (TPSA) is 97.4 Å². The van der Waals surface area contributed by atoms with Crippen LogP contribution in [0.15, 0.2) is 47.2 Å². The second-order valence-electron chi connectivity index (χ2n) is 4.93. The molecule has 1 aromatic carbocycles. The Bertz CT molecular complexity index is 865. The smallest absolute Gasteiger partial charge is 0.432 e. The fraction of sp³-hybridized carbons (Fsp3) is 0.133. The van der Waals surface area contributed by atoms with Crippen molar-refractivity contribution in [3.05, 3.63) is 57.7 Å². The number of hydrazine groups is 1. The summed E-state index contributed by atoms with van der Waals surface area (Å²) in [5, 5.41) is 0.997. The summed E-state index contributed by atoms with van der Waals surface area (Å²) in [6.45, 7) is 0. The zero-order valence-electron chi connectivity index (χ0n) is 12.9. The lowest BCUT2D eigenvalue weighted by Crippen LogP contribution is -2.30. The Hall–Kier alpha value is -2.65. The van der Waals surface area contributed by atoms with Gasteiger partial charge in [0.15, 0.2) is 0 Å². The molecule has 1 aromatic heterocycles. The van der Waals surface area contributed by atoms with Crippen LogP contribution in [0, 0.1) is 0 Å². The first kappa shape index (κ1) is 18.7. The van der Waals surface area contributed by atoms with Gasteiger partial charge in [-0.3, -0.25) is 9.80 Å². The SMILES string of the molecule is COc1c[nH]c(=O)cc1-c1cc(Cl)ccc1N(N)/C=C(\N)C(F)(F)F. The van der Waals surface area contributed by atoms with Crippen molar-refractivity contribution in [2.75, 3.05) is 12.1 Å². The molecule has 6 nitrogen and oxygen atoms in total. The van der Waals surface area contributed by atoms with Gasteiger partial charge in [-0.2, -0.15) is 13.2 Å². The van der Waals surface area contributed by atoms with Gasteiger partial charge in [0.1, 0.15) is 11.4 Å². The van der Waals surface area contributed by atoms with Gasteiger partial charge >= 0.3 is 6.18 Å². The number of aromatic amines is 1. The molecule has 0 atom stereocenters. The molecule has 0 saturated carbocycles. The van der Waals surface area contributed by atoms with Crippen molar-refractivity contribution in [3.8, 4) is 16.9 Å². The Morgan fingerprint density at radius 3 is 2.60 bits per heavy atom. The largest absolute Gasteiger partial charge is 0.495 e. The van der Waals surface area contributed by atoms with Gasteiger partial charge in [-0.25, -0.2) is 5.84 Å². The van der Waals surface area contributed by atoms with E-state index in [1.54, 1.807) is 0 Å². The molecule has 0 saturated heterocycles. The van der Waals surface area contributed by atoms with E-state index in [1.807, 2.05) is 0 Å². The number of halogens is 4. The Balaban J connectivity index is 2.64. The second kappa shape index (κ2) is 7.08. The summed E-state index contributed by atoms with van der Waals surface area (Å²) < 4.78 is 43.0. The van der Waals surface area contributed by atoms with Gasteiger partial charge in [-0.1, -0.05) is 11.6 Å². The van der Waals surface area contributed by atoms with Gasteiger partial charge in [0.05, 0.1) is 12.8 Å². The van der Waals surface area contributed by atoms with Gasteiger partial charge in [0.2, 0.25) is 5.56 Å². The van der Waals surface area contributed by atoms with E-state index >= 15 is 0 Å². The molecule has 10 heteroatoms. The van der Waals surface area contributed by atoms with Crippen LogP contribution in [0.1, 0.15) is 0 Å². The summed E-state index contributed by atoms with van der Waals surface area (Å²) in [5.41, 5.74) is 3.92. The fourth-order valence-corrected chi connectivity index (χ4v) is 2.25. The average molecular weight is 375 g/mol. The zero-order chi connectivity index (χ0) is 18.8. The Morgan fingerprint density at radius 2 is 2.00 bits per heavy atom. The number of benzene rings is 1. The molecule has 0 radical (unpaired) electrons. The third-order valence-electron chi connectivity index (χ3n) is 3.24. The van der Waals surface area contributed by atoms with Gasteiger partial charge in [-0.15, -0.1) is 0 Å². The van der Waals surface area contributed by atoms with E-state index in [2.05, 4.69) is 4.98 Å². The molecule has 5 N–H and O–H groups in total. The van der Waals surface area contributed by atoms with E-state index in [0.29, 0.717) is 27.4 Å². The van der Waals surface area contributed by atoms with Crippen molar-refractivity contribution in [2.24, 2.45) is 11.6 Å². The number of H-pyrrole nitrogens is 1. The van der Waals surface area contributed by atoms with Crippen molar-refractivity contribution in [2.45, 2.75) is 6.18 Å². The highest BCUT2D eigenvalue weighted by molar-refractivity contribution is 6.31. The zero-order valence-corrected chi connectivity index (χ0v) is 13.7. The number of nitrogens with two attached hydrogens (primary N) is 2. The highest BCUT2D eigenvalue weighted by Crippen LogP contribution is 2.37. The minimum atomic E-state index is -4.73. The maximum Gasteiger partial charge on any atom is 0.432 e. The van der Waals surface area contributed by atoms with E-state index in [4.69, 9.17) is 27.9 Å². The molecule has 25 heavy (non-hydrogen) atoms. The van der Waals surface area contributed by atoms with Gasteiger partial charge < -0.3 is 15.5 Å². The number of rotatable bonds is 4. The predicted molar refractivity (Wildman–Crippen MR) is 89.1 cm³/mol. The van der Waals surface area contributed by atoms with Gasteiger partial charge in [-0.05, 0) is 18.2 Å². The summed E-state index contributed by atoms with van der Waals surface area (Å²) in [7, 11) is 1.38. The molecule has 0 aliphatic heterocycles. The third kappa shape index (κ3) is 4.25. The quantitative estimate of drug-likeness (QED) is 0.564. The number of alkyl halides is 3. The molecule has 0 aliphatic rings. The second-order valence-corrected chi connectivity index (χ2v) is 5.37. The number of methoxy groups -OCH3 is 1. The molecule has 0 aliphatic carbocycles. The first-order valence-corrected chi connectivity index (χ1v) is 7.16. The lowest BCUT2D eigenvalue weighted by Gasteiger charge is -2.21. The van der Waals surface area contributed by atoms with E-state index in [9.17, 15) is 18.0 Å². The van der Waals surface area contributed by atoms with Crippen molar-refractivity contribution < 1.29 is 17.9 Å². The number of aromatic nitrogens is 1. The third-order valence-corrected chi connectivity index (χ3v) is 3.47. The molecule has 0 fully saturated rings. The molecule has 134 valence electrons. The van der Waals surface area contributed by atoms with Crippen LogP contribution >= 0.6 is 11.6 Å². The van der Waals surface area contributed by atoms with Gasteiger partial charge in [0, 0.05) is 34.6 Å².